The lowest BCUT2D eigenvalue weighted by Crippen LogP contribution is -2.48. The number of halogens is 1. The van der Waals surface area contributed by atoms with Gasteiger partial charge in [0.2, 0.25) is 12.2 Å². The number of amides is 1. The van der Waals surface area contributed by atoms with Crippen molar-refractivity contribution in [3.8, 4) is 0 Å². The molecule has 0 aliphatic rings. The normalized spacial score (nSPS) is 12.5. The Labute approximate surface area is 146 Å². The minimum atomic E-state index is -1.72. The number of ether oxygens (including phenoxy) is 3. The molecule has 0 radical (unpaired) electrons. The Kier molecular flexibility index (Phi) is 7.37. The summed E-state index contributed by atoms with van der Waals surface area (Å²) in [6, 6.07) is 6.54. The van der Waals surface area contributed by atoms with E-state index in [0.29, 0.717) is 5.69 Å². The van der Waals surface area contributed by atoms with Crippen LogP contribution in [0.2, 0.25) is 0 Å². The fourth-order valence-electron chi connectivity index (χ4n) is 1.71. The molecule has 9 heteroatoms. The third-order valence-electron chi connectivity index (χ3n) is 2.66. The van der Waals surface area contributed by atoms with Gasteiger partial charge in [-0.3, -0.25) is 14.4 Å². The molecule has 0 fully saturated rings. The Balaban J connectivity index is 3.05. The second-order valence-electron chi connectivity index (χ2n) is 4.58. The van der Waals surface area contributed by atoms with Gasteiger partial charge in [-0.25, -0.2) is 4.79 Å². The summed E-state index contributed by atoms with van der Waals surface area (Å²) in [5.41, 5.74) is 0.395. The number of hydrogen-bond donors (Lipinski definition) is 1. The van der Waals surface area contributed by atoms with E-state index in [1.165, 1.54) is 0 Å². The van der Waals surface area contributed by atoms with Crippen molar-refractivity contribution in [2.45, 2.75) is 26.1 Å². The third kappa shape index (κ3) is 5.99. The van der Waals surface area contributed by atoms with E-state index >= 15 is 0 Å². The van der Waals surface area contributed by atoms with Gasteiger partial charge >= 0.3 is 17.9 Å². The van der Waals surface area contributed by atoms with Crippen molar-refractivity contribution in [1.82, 2.24) is 0 Å². The number of esters is 3. The van der Waals surface area contributed by atoms with Crippen LogP contribution in [-0.4, -0.2) is 43.1 Å². The van der Waals surface area contributed by atoms with Crippen molar-refractivity contribution in [2.24, 2.45) is 0 Å². The zero-order chi connectivity index (χ0) is 18.3. The average molecular weight is 402 g/mol. The molecule has 0 heterocycles. The SMILES string of the molecule is COC(=O)C(OC(C)=O)C(OC(C)=O)C(=O)Nc1ccc(Br)cc1. The highest BCUT2D eigenvalue weighted by Crippen LogP contribution is 2.16. The lowest BCUT2D eigenvalue weighted by atomic mass is 10.1. The Morgan fingerprint density at radius 3 is 1.92 bits per heavy atom. The van der Waals surface area contributed by atoms with E-state index in [-0.39, 0.29) is 0 Å². The molecular formula is C15H16BrNO7. The van der Waals surface area contributed by atoms with Gasteiger partial charge in [0.25, 0.3) is 5.91 Å². The van der Waals surface area contributed by atoms with Crippen molar-refractivity contribution in [2.75, 3.05) is 12.4 Å². The summed E-state index contributed by atoms with van der Waals surface area (Å²) in [4.78, 5) is 46.6. The van der Waals surface area contributed by atoms with Gasteiger partial charge in [0, 0.05) is 24.0 Å². The van der Waals surface area contributed by atoms with Gasteiger partial charge in [-0.1, -0.05) is 15.9 Å². The molecule has 1 rings (SSSR count). The van der Waals surface area contributed by atoms with E-state index in [1.807, 2.05) is 0 Å². The molecule has 0 saturated heterocycles. The number of rotatable bonds is 6. The van der Waals surface area contributed by atoms with Gasteiger partial charge in [0.1, 0.15) is 0 Å². The smallest absolute Gasteiger partial charge is 0.351 e. The minimum Gasteiger partial charge on any atom is -0.466 e. The number of nitrogens with one attached hydrogen (secondary N) is 1. The van der Waals surface area contributed by atoms with E-state index in [9.17, 15) is 19.2 Å². The van der Waals surface area contributed by atoms with Gasteiger partial charge in [0.15, 0.2) is 0 Å². The van der Waals surface area contributed by atoms with Crippen molar-refractivity contribution in [3.63, 3.8) is 0 Å². The lowest BCUT2D eigenvalue weighted by Gasteiger charge is -2.23. The highest BCUT2D eigenvalue weighted by Gasteiger charge is 2.40. The van der Waals surface area contributed by atoms with Crippen LogP contribution >= 0.6 is 15.9 Å². The van der Waals surface area contributed by atoms with Crippen LogP contribution in [0.25, 0.3) is 0 Å². The molecule has 0 saturated carbocycles. The topological polar surface area (TPSA) is 108 Å². The lowest BCUT2D eigenvalue weighted by molar-refractivity contribution is -0.181. The number of carbonyl (C=O) groups excluding carboxylic acids is 4. The number of anilines is 1. The quantitative estimate of drug-likeness (QED) is 0.567. The maximum absolute atomic E-state index is 12.4. The predicted octanol–water partition coefficient (Wildman–Crippen LogP) is 1.42. The summed E-state index contributed by atoms with van der Waals surface area (Å²) < 4.78 is 14.9. The Bertz CT molecular complexity index is 629. The molecule has 0 aliphatic heterocycles. The molecule has 1 aromatic carbocycles. The van der Waals surface area contributed by atoms with Gasteiger partial charge in [-0.05, 0) is 24.3 Å². The highest BCUT2D eigenvalue weighted by atomic mass is 79.9. The number of carbonyl (C=O) groups is 4. The van der Waals surface area contributed by atoms with Crippen LogP contribution in [0.15, 0.2) is 28.7 Å². The Morgan fingerprint density at radius 1 is 0.958 bits per heavy atom. The monoisotopic (exact) mass is 401 g/mol. The highest BCUT2D eigenvalue weighted by molar-refractivity contribution is 9.10. The van der Waals surface area contributed by atoms with Crippen LogP contribution in [0.4, 0.5) is 5.69 Å². The molecule has 0 bridgehead atoms. The molecule has 1 N–H and O–H groups in total. The van der Waals surface area contributed by atoms with E-state index in [0.717, 1.165) is 25.4 Å². The Morgan fingerprint density at radius 2 is 1.46 bits per heavy atom. The summed E-state index contributed by atoms with van der Waals surface area (Å²) in [5, 5.41) is 2.47. The van der Waals surface area contributed by atoms with Crippen LogP contribution in [-0.2, 0) is 33.4 Å². The first-order chi connectivity index (χ1) is 11.2. The molecule has 130 valence electrons. The van der Waals surface area contributed by atoms with Crippen LogP contribution < -0.4 is 5.32 Å². The first-order valence-corrected chi connectivity index (χ1v) is 7.52. The van der Waals surface area contributed by atoms with E-state index in [2.05, 4.69) is 26.0 Å². The largest absolute Gasteiger partial charge is 0.466 e. The molecule has 8 nitrogen and oxygen atoms in total. The Hall–Kier alpha value is -2.42. The maximum atomic E-state index is 12.4. The molecule has 1 aromatic rings. The molecular weight excluding hydrogens is 386 g/mol. The number of benzene rings is 1. The van der Waals surface area contributed by atoms with Crippen LogP contribution in [0.5, 0.6) is 0 Å². The summed E-state index contributed by atoms with van der Waals surface area (Å²) >= 11 is 3.25. The van der Waals surface area contributed by atoms with E-state index < -0.39 is 36.0 Å². The second-order valence-corrected chi connectivity index (χ2v) is 5.50. The summed E-state index contributed by atoms with van der Waals surface area (Å²) in [6.45, 7) is 2.11. The average Bonchev–Trinajstić information content (AvgIpc) is 2.51. The predicted molar refractivity (Wildman–Crippen MR) is 85.9 cm³/mol. The zero-order valence-electron chi connectivity index (χ0n) is 13.2. The van der Waals surface area contributed by atoms with Crippen molar-refractivity contribution in [1.29, 1.82) is 0 Å². The first-order valence-electron chi connectivity index (χ1n) is 6.73. The van der Waals surface area contributed by atoms with Gasteiger partial charge < -0.3 is 19.5 Å². The molecule has 2 atom stereocenters. The fraction of sp³-hybridized carbons (Fsp3) is 0.333. The molecule has 1 amide bonds. The van der Waals surface area contributed by atoms with Crippen LogP contribution in [0, 0.1) is 0 Å². The van der Waals surface area contributed by atoms with Gasteiger partial charge in [-0.2, -0.15) is 0 Å². The van der Waals surface area contributed by atoms with E-state index in [1.54, 1.807) is 24.3 Å². The maximum Gasteiger partial charge on any atom is 0.351 e. The molecule has 0 aromatic heterocycles. The van der Waals surface area contributed by atoms with Crippen molar-refractivity contribution >= 4 is 45.4 Å². The molecule has 0 aliphatic carbocycles. The minimum absolute atomic E-state index is 0.395. The van der Waals surface area contributed by atoms with Crippen molar-refractivity contribution < 1.29 is 33.4 Å². The second kappa shape index (κ2) is 9.02. The summed E-state index contributed by atoms with van der Waals surface area (Å²) in [6.07, 6.45) is -3.41. The molecule has 2 unspecified atom stereocenters. The van der Waals surface area contributed by atoms with Gasteiger partial charge in [0.05, 0.1) is 7.11 Å². The van der Waals surface area contributed by atoms with Crippen LogP contribution in [0.1, 0.15) is 13.8 Å². The van der Waals surface area contributed by atoms with E-state index in [4.69, 9.17) is 9.47 Å². The summed E-state index contributed by atoms with van der Waals surface area (Å²) in [7, 11) is 1.05. The van der Waals surface area contributed by atoms with Crippen LogP contribution in [0.3, 0.4) is 0 Å². The summed E-state index contributed by atoms with van der Waals surface area (Å²) in [5.74, 6) is -3.53. The van der Waals surface area contributed by atoms with Crippen molar-refractivity contribution in [3.05, 3.63) is 28.7 Å². The van der Waals surface area contributed by atoms with Gasteiger partial charge in [-0.15, -0.1) is 0 Å². The molecule has 0 spiro atoms. The standard InChI is InChI=1S/C15H16BrNO7/c1-8(18)23-12(13(15(21)22-3)24-9(2)19)14(20)17-11-6-4-10(16)5-7-11/h4-7,12-13H,1-3H3,(H,17,20). The first kappa shape index (κ1) is 19.6. The number of hydrogen-bond acceptors (Lipinski definition) is 7. The zero-order valence-corrected chi connectivity index (χ0v) is 14.8. The third-order valence-corrected chi connectivity index (χ3v) is 3.19. The molecule has 24 heavy (non-hydrogen) atoms. The number of methoxy groups -OCH3 is 1. The fourth-order valence-corrected chi connectivity index (χ4v) is 1.97.